The first-order valence-corrected chi connectivity index (χ1v) is 8.69. The summed E-state index contributed by atoms with van der Waals surface area (Å²) >= 11 is 0. The van der Waals surface area contributed by atoms with Crippen molar-refractivity contribution in [2.75, 3.05) is 31.1 Å². The average Bonchev–Trinajstić information content (AvgIpc) is 2.71. The molecule has 0 saturated carbocycles. The van der Waals surface area contributed by atoms with Gasteiger partial charge in [-0.05, 0) is 19.3 Å². The van der Waals surface area contributed by atoms with Crippen molar-refractivity contribution in [1.82, 2.24) is 9.80 Å². The van der Waals surface area contributed by atoms with Crippen LogP contribution in [0.3, 0.4) is 0 Å². The third kappa shape index (κ3) is 3.62. The van der Waals surface area contributed by atoms with Gasteiger partial charge in [-0.3, -0.25) is 4.79 Å². The molecule has 0 spiro atoms. The van der Waals surface area contributed by atoms with Crippen LogP contribution in [0, 0.1) is 0 Å². The summed E-state index contributed by atoms with van der Waals surface area (Å²) in [6.07, 6.45) is 1.91. The molecule has 20 heavy (non-hydrogen) atoms. The van der Waals surface area contributed by atoms with E-state index < -0.39 is 15.8 Å². The Morgan fingerprint density at radius 2 is 1.85 bits per heavy atom. The van der Waals surface area contributed by atoms with Crippen LogP contribution in [0.15, 0.2) is 0 Å². The zero-order valence-corrected chi connectivity index (χ0v) is 12.1. The highest BCUT2D eigenvalue weighted by Gasteiger charge is 2.34. The molecule has 0 aromatic heterocycles. The summed E-state index contributed by atoms with van der Waals surface area (Å²) in [6, 6.07) is -0.481. The van der Waals surface area contributed by atoms with Crippen LogP contribution in [0.25, 0.3) is 0 Å². The third-order valence-electron chi connectivity index (χ3n) is 3.86. The zero-order chi connectivity index (χ0) is 14.8. The van der Waals surface area contributed by atoms with E-state index in [1.807, 2.05) is 0 Å². The summed E-state index contributed by atoms with van der Waals surface area (Å²) in [5.74, 6) is -0.793. The van der Waals surface area contributed by atoms with Crippen LogP contribution < -0.4 is 0 Å². The van der Waals surface area contributed by atoms with Crippen LogP contribution >= 0.6 is 0 Å². The maximum Gasteiger partial charge on any atom is 0.320 e. The van der Waals surface area contributed by atoms with Gasteiger partial charge in [-0.1, -0.05) is 0 Å². The van der Waals surface area contributed by atoms with Crippen LogP contribution in [-0.4, -0.2) is 72.5 Å². The Bertz CT molecular complexity index is 490. The highest BCUT2D eigenvalue weighted by Crippen LogP contribution is 2.22. The van der Waals surface area contributed by atoms with Crippen molar-refractivity contribution in [1.29, 1.82) is 0 Å². The molecule has 8 heteroatoms. The topological polar surface area (TPSA) is 95.0 Å². The Morgan fingerprint density at radius 1 is 1.10 bits per heavy atom. The van der Waals surface area contributed by atoms with E-state index in [-0.39, 0.29) is 36.5 Å². The number of nitrogens with zero attached hydrogens (tertiary/aromatic N) is 2. The predicted molar refractivity (Wildman–Crippen MR) is 72.2 cm³/mol. The standard InChI is InChI=1S/C12H20N2O5S/c15-11(16)9-10-3-1-5-14(10)12(17)13-4-2-7-20(18,19)8-6-13/h10H,1-9H2,(H,15,16). The molecule has 0 aromatic rings. The van der Waals surface area contributed by atoms with Crippen LogP contribution in [0.2, 0.25) is 0 Å². The maximum absolute atomic E-state index is 12.4. The molecule has 1 unspecified atom stereocenters. The Balaban J connectivity index is 2.01. The van der Waals surface area contributed by atoms with Gasteiger partial charge < -0.3 is 14.9 Å². The van der Waals surface area contributed by atoms with E-state index in [4.69, 9.17) is 5.11 Å². The van der Waals surface area contributed by atoms with Gasteiger partial charge in [0.05, 0.1) is 17.9 Å². The van der Waals surface area contributed by atoms with Gasteiger partial charge in [-0.25, -0.2) is 13.2 Å². The van der Waals surface area contributed by atoms with Crippen molar-refractivity contribution in [2.24, 2.45) is 0 Å². The van der Waals surface area contributed by atoms with E-state index in [2.05, 4.69) is 0 Å². The molecule has 2 aliphatic heterocycles. The van der Waals surface area contributed by atoms with Crippen LogP contribution in [0.1, 0.15) is 25.7 Å². The van der Waals surface area contributed by atoms with E-state index in [0.717, 1.165) is 6.42 Å². The average molecular weight is 304 g/mol. The summed E-state index contributed by atoms with van der Waals surface area (Å²) < 4.78 is 23.1. The second-order valence-electron chi connectivity index (χ2n) is 5.36. The fourth-order valence-electron chi connectivity index (χ4n) is 2.81. The molecule has 0 radical (unpaired) electrons. The van der Waals surface area contributed by atoms with Crippen LogP contribution in [0.5, 0.6) is 0 Å². The van der Waals surface area contributed by atoms with Gasteiger partial charge in [0, 0.05) is 25.7 Å². The summed E-state index contributed by atoms with van der Waals surface area (Å²) in [5, 5.41) is 8.87. The van der Waals surface area contributed by atoms with E-state index in [1.165, 1.54) is 0 Å². The lowest BCUT2D eigenvalue weighted by Crippen LogP contribution is -2.47. The van der Waals surface area contributed by atoms with E-state index in [9.17, 15) is 18.0 Å². The van der Waals surface area contributed by atoms with Gasteiger partial charge in [0.1, 0.15) is 0 Å². The first-order chi connectivity index (χ1) is 9.39. The predicted octanol–water partition coefficient (Wildman–Crippen LogP) is 0.166. The van der Waals surface area contributed by atoms with Crippen molar-refractivity contribution in [3.8, 4) is 0 Å². The van der Waals surface area contributed by atoms with Gasteiger partial charge in [0.25, 0.3) is 0 Å². The fourth-order valence-corrected chi connectivity index (χ4v) is 4.08. The summed E-state index contributed by atoms with van der Waals surface area (Å²) in [6.45, 7) is 1.19. The van der Waals surface area contributed by atoms with Crippen molar-refractivity contribution in [3.63, 3.8) is 0 Å². The van der Waals surface area contributed by atoms with Crippen LogP contribution in [0.4, 0.5) is 4.79 Å². The molecule has 1 N–H and O–H groups in total. The monoisotopic (exact) mass is 304 g/mol. The fraction of sp³-hybridized carbons (Fsp3) is 0.833. The molecule has 2 rings (SSSR count). The van der Waals surface area contributed by atoms with Crippen molar-refractivity contribution < 1.29 is 23.1 Å². The minimum atomic E-state index is -3.05. The Kier molecular flexibility index (Phi) is 4.52. The molecule has 2 saturated heterocycles. The number of hydrogen-bond donors (Lipinski definition) is 1. The number of urea groups is 1. The number of carboxylic acid groups (broad SMARTS) is 1. The number of hydrogen-bond acceptors (Lipinski definition) is 4. The number of carbonyl (C=O) groups is 2. The smallest absolute Gasteiger partial charge is 0.320 e. The third-order valence-corrected chi connectivity index (χ3v) is 5.57. The number of sulfone groups is 1. The molecule has 2 aliphatic rings. The largest absolute Gasteiger partial charge is 0.481 e. The summed E-state index contributed by atoms with van der Waals surface area (Å²) in [7, 11) is -3.05. The lowest BCUT2D eigenvalue weighted by atomic mass is 10.1. The minimum Gasteiger partial charge on any atom is -0.481 e. The SMILES string of the molecule is O=C(O)CC1CCCN1C(=O)N1CCCS(=O)(=O)CC1. The highest BCUT2D eigenvalue weighted by atomic mass is 32.2. The molecule has 0 bridgehead atoms. The van der Waals surface area contributed by atoms with Crippen LogP contribution in [-0.2, 0) is 14.6 Å². The van der Waals surface area contributed by atoms with Crippen molar-refractivity contribution in [2.45, 2.75) is 31.7 Å². The number of amides is 2. The second-order valence-corrected chi connectivity index (χ2v) is 7.67. The normalized spacial score (nSPS) is 26.3. The number of rotatable bonds is 2. The maximum atomic E-state index is 12.4. The minimum absolute atomic E-state index is 0.00379. The molecule has 114 valence electrons. The molecule has 2 amide bonds. The molecule has 1 atom stereocenters. The number of likely N-dealkylation sites (tertiary alicyclic amines) is 1. The quantitative estimate of drug-likeness (QED) is 0.784. The van der Waals surface area contributed by atoms with Crippen molar-refractivity contribution in [3.05, 3.63) is 0 Å². The molecule has 2 heterocycles. The molecular formula is C12H20N2O5S. The zero-order valence-electron chi connectivity index (χ0n) is 11.3. The molecule has 0 aromatic carbocycles. The van der Waals surface area contributed by atoms with Gasteiger partial charge in [-0.2, -0.15) is 0 Å². The van der Waals surface area contributed by atoms with Gasteiger partial charge in [-0.15, -0.1) is 0 Å². The summed E-state index contributed by atoms with van der Waals surface area (Å²) in [4.78, 5) is 26.4. The van der Waals surface area contributed by atoms with Gasteiger partial charge >= 0.3 is 12.0 Å². The Labute approximate surface area is 118 Å². The lowest BCUT2D eigenvalue weighted by molar-refractivity contribution is -0.138. The summed E-state index contributed by atoms with van der Waals surface area (Å²) in [5.41, 5.74) is 0. The van der Waals surface area contributed by atoms with Gasteiger partial charge in [0.15, 0.2) is 9.84 Å². The van der Waals surface area contributed by atoms with E-state index >= 15 is 0 Å². The lowest BCUT2D eigenvalue weighted by Gasteiger charge is -2.30. The van der Waals surface area contributed by atoms with Crippen molar-refractivity contribution >= 4 is 21.8 Å². The Hall–Kier alpha value is -1.31. The molecule has 7 nitrogen and oxygen atoms in total. The highest BCUT2D eigenvalue weighted by molar-refractivity contribution is 7.91. The van der Waals surface area contributed by atoms with E-state index in [0.29, 0.717) is 25.9 Å². The number of carbonyl (C=O) groups excluding carboxylic acids is 1. The first kappa shape index (κ1) is 15.1. The molecule has 2 fully saturated rings. The first-order valence-electron chi connectivity index (χ1n) is 6.87. The molecular weight excluding hydrogens is 284 g/mol. The van der Waals surface area contributed by atoms with E-state index in [1.54, 1.807) is 9.80 Å². The van der Waals surface area contributed by atoms with Gasteiger partial charge in [0.2, 0.25) is 0 Å². The number of aliphatic carboxylic acids is 1. The second kappa shape index (κ2) is 5.99. The number of carboxylic acids is 1. The molecule has 0 aliphatic carbocycles. The Morgan fingerprint density at radius 3 is 2.55 bits per heavy atom.